The van der Waals surface area contributed by atoms with Gasteiger partial charge >= 0.3 is 0 Å². The quantitative estimate of drug-likeness (QED) is 0.766. The monoisotopic (exact) mass is 334 g/mol. The lowest BCUT2D eigenvalue weighted by Crippen LogP contribution is -2.35. The minimum Gasteiger partial charge on any atom is -0.309 e. The Labute approximate surface area is 129 Å². The molecule has 0 aromatic carbocycles. The van der Waals surface area contributed by atoms with E-state index in [-0.39, 0.29) is 6.04 Å². The third-order valence-electron chi connectivity index (χ3n) is 3.16. The van der Waals surface area contributed by atoms with Crippen molar-refractivity contribution in [3.05, 3.63) is 15.8 Å². The maximum absolute atomic E-state index is 12.5. The van der Waals surface area contributed by atoms with Crippen molar-refractivity contribution in [2.75, 3.05) is 12.0 Å². The third kappa shape index (κ3) is 4.21. The predicted octanol–water partition coefficient (Wildman–Crippen LogP) is 2.34. The highest BCUT2D eigenvalue weighted by Gasteiger charge is 2.26. The summed E-state index contributed by atoms with van der Waals surface area (Å²) < 4.78 is 27.9. The number of hydrogen-bond acceptors (Lipinski definition) is 5. The number of aryl methyl sites for hydroxylation is 1. The zero-order valence-electron chi connectivity index (χ0n) is 12.1. The molecule has 0 amide bonds. The fraction of sp³-hybridized carbons (Fsp3) is 0.692. The smallest absolute Gasteiger partial charge is 0.242 e. The zero-order chi connectivity index (χ0) is 14.8. The Morgan fingerprint density at radius 1 is 1.50 bits per heavy atom. The molecule has 2 rings (SSSR count). The van der Waals surface area contributed by atoms with E-state index in [2.05, 4.69) is 10.0 Å². The van der Waals surface area contributed by atoms with Crippen LogP contribution in [0.15, 0.2) is 10.3 Å². The average Bonchev–Trinajstić information content (AvgIpc) is 3.09. The van der Waals surface area contributed by atoms with Crippen LogP contribution in [-0.4, -0.2) is 32.5 Å². The van der Waals surface area contributed by atoms with Gasteiger partial charge in [-0.3, -0.25) is 0 Å². The summed E-state index contributed by atoms with van der Waals surface area (Å²) in [5.74, 6) is 0.776. The lowest BCUT2D eigenvalue weighted by Gasteiger charge is -2.14. The van der Waals surface area contributed by atoms with E-state index < -0.39 is 10.0 Å². The summed E-state index contributed by atoms with van der Waals surface area (Å²) in [6, 6.07) is 0.523. The van der Waals surface area contributed by atoms with E-state index in [0.717, 1.165) is 16.2 Å². The van der Waals surface area contributed by atoms with E-state index in [9.17, 15) is 8.42 Å². The van der Waals surface area contributed by atoms with Crippen LogP contribution in [0.3, 0.4) is 0 Å². The largest absolute Gasteiger partial charge is 0.309 e. The summed E-state index contributed by atoms with van der Waals surface area (Å²) in [4.78, 5) is 1.39. The van der Waals surface area contributed by atoms with Gasteiger partial charge in [-0.05, 0) is 43.9 Å². The molecular weight excluding hydrogens is 312 g/mol. The molecule has 0 aliphatic heterocycles. The van der Waals surface area contributed by atoms with Crippen LogP contribution in [0.4, 0.5) is 0 Å². The van der Waals surface area contributed by atoms with Gasteiger partial charge in [0.05, 0.1) is 0 Å². The first-order chi connectivity index (χ1) is 9.44. The van der Waals surface area contributed by atoms with Crippen LogP contribution in [0.25, 0.3) is 0 Å². The molecular formula is C13H22N2O2S3. The molecule has 1 aliphatic rings. The molecule has 1 atom stereocenters. The summed E-state index contributed by atoms with van der Waals surface area (Å²) in [6.45, 7) is 4.42. The minimum atomic E-state index is -3.42. The van der Waals surface area contributed by atoms with E-state index in [4.69, 9.17) is 0 Å². The van der Waals surface area contributed by atoms with Gasteiger partial charge in [0, 0.05) is 29.3 Å². The topological polar surface area (TPSA) is 58.2 Å². The zero-order valence-corrected chi connectivity index (χ0v) is 14.6. The molecule has 1 aliphatic carbocycles. The summed E-state index contributed by atoms with van der Waals surface area (Å²) in [7, 11) is -3.42. The molecule has 1 saturated carbocycles. The van der Waals surface area contributed by atoms with Crippen molar-refractivity contribution in [2.45, 2.75) is 50.2 Å². The summed E-state index contributed by atoms with van der Waals surface area (Å²) in [5, 5.41) is 5.32. The van der Waals surface area contributed by atoms with Crippen molar-refractivity contribution in [1.82, 2.24) is 10.0 Å². The SMILES string of the molecule is CSCC(C)NS(=O)(=O)c1c(C)csc1CNC1CC1. The van der Waals surface area contributed by atoms with Gasteiger partial charge in [0.15, 0.2) is 0 Å². The first-order valence-electron chi connectivity index (χ1n) is 6.75. The number of thiophene rings is 1. The van der Waals surface area contributed by atoms with Gasteiger partial charge < -0.3 is 5.32 Å². The second-order valence-electron chi connectivity index (χ2n) is 5.30. The second-order valence-corrected chi connectivity index (χ2v) is 8.83. The summed E-state index contributed by atoms with van der Waals surface area (Å²) in [5.41, 5.74) is 0.839. The Bertz CT molecular complexity index is 550. The molecule has 1 unspecified atom stereocenters. The van der Waals surface area contributed by atoms with E-state index in [1.54, 1.807) is 11.8 Å². The molecule has 0 saturated heterocycles. The molecule has 1 aromatic rings. The van der Waals surface area contributed by atoms with E-state index in [0.29, 0.717) is 17.5 Å². The molecule has 1 heterocycles. The molecule has 0 bridgehead atoms. The molecule has 0 spiro atoms. The Morgan fingerprint density at radius 2 is 2.20 bits per heavy atom. The molecule has 1 aromatic heterocycles. The fourth-order valence-electron chi connectivity index (χ4n) is 2.10. The number of hydrogen-bond donors (Lipinski definition) is 2. The summed E-state index contributed by atoms with van der Waals surface area (Å²) in [6.07, 6.45) is 4.39. The maximum Gasteiger partial charge on any atom is 0.242 e. The molecule has 0 radical (unpaired) electrons. The van der Waals surface area contributed by atoms with E-state index >= 15 is 0 Å². The Balaban J connectivity index is 2.14. The fourth-order valence-corrected chi connectivity index (χ4v) is 5.80. The standard InChI is InChI=1S/C13H22N2O2S3/c1-9-7-19-12(6-14-11-4-5-11)13(9)20(16,17)15-10(2)8-18-3/h7,10-11,14-15H,4-6,8H2,1-3H3. The highest BCUT2D eigenvalue weighted by molar-refractivity contribution is 7.98. The van der Waals surface area contributed by atoms with Crippen molar-refractivity contribution >= 4 is 33.1 Å². The molecule has 114 valence electrons. The van der Waals surface area contributed by atoms with Gasteiger partial charge in [-0.15, -0.1) is 11.3 Å². The predicted molar refractivity (Wildman–Crippen MR) is 87.1 cm³/mol. The third-order valence-corrected chi connectivity index (χ3v) is 7.05. The number of thioether (sulfide) groups is 1. The van der Waals surface area contributed by atoms with Gasteiger partial charge in [0.1, 0.15) is 4.90 Å². The normalized spacial score (nSPS) is 17.4. The number of sulfonamides is 1. The summed E-state index contributed by atoms with van der Waals surface area (Å²) >= 11 is 3.17. The van der Waals surface area contributed by atoms with Crippen LogP contribution >= 0.6 is 23.1 Å². The Kier molecular flexibility index (Phi) is 5.53. The van der Waals surface area contributed by atoms with Gasteiger partial charge in [-0.1, -0.05) is 0 Å². The highest BCUT2D eigenvalue weighted by Crippen LogP contribution is 2.28. The minimum absolute atomic E-state index is 0.0569. The Hall–Kier alpha value is -0.0800. The van der Waals surface area contributed by atoms with Crippen molar-refractivity contribution in [1.29, 1.82) is 0 Å². The van der Waals surface area contributed by atoms with Crippen LogP contribution in [0.2, 0.25) is 0 Å². The van der Waals surface area contributed by atoms with Gasteiger partial charge in [0.25, 0.3) is 0 Å². The number of rotatable bonds is 8. The van der Waals surface area contributed by atoms with Crippen molar-refractivity contribution in [2.24, 2.45) is 0 Å². The number of nitrogens with one attached hydrogen (secondary N) is 2. The van der Waals surface area contributed by atoms with Gasteiger partial charge in [0.2, 0.25) is 10.0 Å². The van der Waals surface area contributed by atoms with Gasteiger partial charge in [-0.2, -0.15) is 11.8 Å². The molecule has 4 nitrogen and oxygen atoms in total. The molecule has 7 heteroatoms. The maximum atomic E-state index is 12.5. The average molecular weight is 335 g/mol. The molecule has 2 N–H and O–H groups in total. The first kappa shape index (κ1) is 16.3. The van der Waals surface area contributed by atoms with Gasteiger partial charge in [-0.25, -0.2) is 13.1 Å². The van der Waals surface area contributed by atoms with Crippen LogP contribution in [0, 0.1) is 6.92 Å². The van der Waals surface area contributed by atoms with E-state index in [1.165, 1.54) is 24.2 Å². The van der Waals surface area contributed by atoms with Crippen LogP contribution in [0.5, 0.6) is 0 Å². The Morgan fingerprint density at radius 3 is 2.80 bits per heavy atom. The van der Waals surface area contributed by atoms with Crippen LogP contribution < -0.4 is 10.0 Å². The lowest BCUT2D eigenvalue weighted by atomic mass is 10.3. The highest BCUT2D eigenvalue weighted by atomic mass is 32.2. The molecule has 20 heavy (non-hydrogen) atoms. The lowest BCUT2D eigenvalue weighted by molar-refractivity contribution is 0.568. The van der Waals surface area contributed by atoms with E-state index in [1.807, 2.05) is 25.5 Å². The van der Waals surface area contributed by atoms with Crippen molar-refractivity contribution in [3.63, 3.8) is 0 Å². The first-order valence-corrected chi connectivity index (χ1v) is 10.5. The van der Waals surface area contributed by atoms with Crippen LogP contribution in [0.1, 0.15) is 30.2 Å². The van der Waals surface area contributed by atoms with Crippen LogP contribution in [-0.2, 0) is 16.6 Å². The second kappa shape index (κ2) is 6.79. The molecule has 1 fully saturated rings. The van der Waals surface area contributed by atoms with Crippen molar-refractivity contribution in [3.8, 4) is 0 Å². The van der Waals surface area contributed by atoms with Crippen molar-refractivity contribution < 1.29 is 8.42 Å².